The molecule has 29 heavy (non-hydrogen) atoms. The zero-order valence-electron chi connectivity index (χ0n) is 16.8. The molecule has 2 atom stereocenters. The van der Waals surface area contributed by atoms with Crippen molar-refractivity contribution < 1.29 is 22.7 Å². The minimum Gasteiger partial charge on any atom is -0.497 e. The van der Waals surface area contributed by atoms with Gasteiger partial charge in [0.25, 0.3) is 5.91 Å². The maximum atomic E-state index is 13.0. The van der Waals surface area contributed by atoms with E-state index >= 15 is 0 Å². The maximum absolute atomic E-state index is 13.0. The van der Waals surface area contributed by atoms with Gasteiger partial charge in [-0.15, -0.1) is 0 Å². The molecule has 0 bridgehead atoms. The number of fused-ring (bicyclic) bond motifs is 1. The summed E-state index contributed by atoms with van der Waals surface area (Å²) in [6.07, 6.45) is 1.33. The van der Waals surface area contributed by atoms with E-state index in [1.54, 1.807) is 31.4 Å². The highest BCUT2D eigenvalue weighted by Gasteiger charge is 2.31. The molecule has 1 aliphatic heterocycles. The molecule has 0 fully saturated rings. The fraction of sp³-hybridized carbons (Fsp3) is 0.381. The Labute approximate surface area is 171 Å². The number of methoxy groups -OCH3 is 1. The fourth-order valence-electron chi connectivity index (χ4n) is 3.38. The second-order valence-electron chi connectivity index (χ2n) is 6.94. The largest absolute Gasteiger partial charge is 0.497 e. The highest BCUT2D eigenvalue weighted by atomic mass is 32.2. The molecule has 0 radical (unpaired) electrons. The van der Waals surface area contributed by atoms with E-state index in [0.29, 0.717) is 17.9 Å². The van der Waals surface area contributed by atoms with Crippen molar-refractivity contribution in [2.24, 2.45) is 0 Å². The molecule has 156 valence electrons. The third-order valence-electron chi connectivity index (χ3n) is 4.93. The molecule has 0 unspecified atom stereocenters. The Morgan fingerprint density at radius 2 is 1.93 bits per heavy atom. The third-order valence-corrected chi connectivity index (χ3v) is 6.11. The third kappa shape index (κ3) is 4.82. The van der Waals surface area contributed by atoms with Gasteiger partial charge in [0, 0.05) is 13.0 Å². The van der Waals surface area contributed by atoms with Crippen molar-refractivity contribution in [1.29, 1.82) is 0 Å². The zero-order valence-corrected chi connectivity index (χ0v) is 17.6. The first-order valence-electron chi connectivity index (χ1n) is 9.51. The summed E-state index contributed by atoms with van der Waals surface area (Å²) in [5.74, 6) is 0.866. The Balaban J connectivity index is 1.78. The number of carbonyl (C=O) groups is 1. The van der Waals surface area contributed by atoms with Crippen LogP contribution in [0.5, 0.6) is 11.5 Å². The molecule has 2 aromatic rings. The molecular formula is C21H26N2O5S. The number of hydrogen-bond acceptors (Lipinski definition) is 5. The van der Waals surface area contributed by atoms with E-state index in [1.165, 1.54) is 4.31 Å². The lowest BCUT2D eigenvalue weighted by Crippen LogP contribution is -2.41. The summed E-state index contributed by atoms with van der Waals surface area (Å²) in [5, 5.41) is 3.03. The van der Waals surface area contributed by atoms with Gasteiger partial charge in [-0.2, -0.15) is 0 Å². The number of rotatable bonds is 6. The Morgan fingerprint density at radius 1 is 1.24 bits per heavy atom. The van der Waals surface area contributed by atoms with Crippen molar-refractivity contribution in [3.63, 3.8) is 0 Å². The van der Waals surface area contributed by atoms with Crippen LogP contribution in [-0.2, 0) is 14.8 Å². The fourth-order valence-corrected chi connectivity index (χ4v) is 4.33. The molecule has 0 aliphatic carbocycles. The van der Waals surface area contributed by atoms with E-state index in [4.69, 9.17) is 9.47 Å². The SMILES string of the molecule is CC[C@H](NC(=O)[C@@H]1CCN(S(C)(=O)=O)c2ccccc2O1)c1ccc(OC)cc1. The Hall–Kier alpha value is -2.74. The second-order valence-corrected chi connectivity index (χ2v) is 8.85. The number of hydrogen-bond donors (Lipinski definition) is 1. The quantitative estimate of drug-likeness (QED) is 0.780. The van der Waals surface area contributed by atoms with Gasteiger partial charge in [0.2, 0.25) is 10.0 Å². The van der Waals surface area contributed by atoms with Crippen LogP contribution >= 0.6 is 0 Å². The summed E-state index contributed by atoms with van der Waals surface area (Å²) in [5.41, 5.74) is 1.42. The van der Waals surface area contributed by atoms with E-state index in [1.807, 2.05) is 31.2 Å². The van der Waals surface area contributed by atoms with Crippen LogP contribution in [0, 0.1) is 0 Å². The molecule has 1 amide bonds. The second kappa shape index (κ2) is 8.73. The lowest BCUT2D eigenvalue weighted by molar-refractivity contribution is -0.128. The van der Waals surface area contributed by atoms with Crippen LogP contribution in [0.4, 0.5) is 5.69 Å². The maximum Gasteiger partial charge on any atom is 0.261 e. The monoisotopic (exact) mass is 418 g/mol. The van der Waals surface area contributed by atoms with Crippen molar-refractivity contribution in [1.82, 2.24) is 5.32 Å². The van der Waals surface area contributed by atoms with Crippen molar-refractivity contribution in [2.75, 3.05) is 24.2 Å². The predicted octanol–water partition coefficient (Wildman–Crippen LogP) is 2.88. The number of para-hydroxylation sites is 2. The lowest BCUT2D eigenvalue weighted by atomic mass is 10.0. The topological polar surface area (TPSA) is 84.9 Å². The van der Waals surface area contributed by atoms with Crippen LogP contribution in [0.3, 0.4) is 0 Å². The number of amides is 1. The molecule has 0 saturated heterocycles. The van der Waals surface area contributed by atoms with E-state index in [0.717, 1.165) is 17.6 Å². The minimum atomic E-state index is -3.48. The Kier molecular flexibility index (Phi) is 6.32. The average molecular weight is 419 g/mol. The molecule has 7 nitrogen and oxygen atoms in total. The van der Waals surface area contributed by atoms with Crippen LogP contribution < -0.4 is 19.1 Å². The standard InChI is InChI=1S/C21H26N2O5S/c1-4-17(15-9-11-16(27-2)12-10-15)22-21(24)20-13-14-23(29(3,25)26)18-7-5-6-8-19(18)28-20/h5-12,17,20H,4,13-14H2,1-3H3,(H,22,24)/t17-,20-/m0/s1. The van der Waals surface area contributed by atoms with Crippen LogP contribution in [0.25, 0.3) is 0 Å². The van der Waals surface area contributed by atoms with Crippen molar-refractivity contribution >= 4 is 21.6 Å². The summed E-state index contributed by atoms with van der Waals surface area (Å²) in [6, 6.07) is 14.2. The zero-order chi connectivity index (χ0) is 21.0. The van der Waals surface area contributed by atoms with E-state index < -0.39 is 16.1 Å². The smallest absolute Gasteiger partial charge is 0.261 e. The van der Waals surface area contributed by atoms with Gasteiger partial charge in [0.15, 0.2) is 6.10 Å². The lowest BCUT2D eigenvalue weighted by Gasteiger charge is -2.22. The number of nitrogens with zero attached hydrogens (tertiary/aromatic N) is 1. The molecular weight excluding hydrogens is 392 g/mol. The average Bonchev–Trinajstić information content (AvgIpc) is 2.91. The molecule has 0 aromatic heterocycles. The molecule has 3 rings (SSSR count). The molecule has 1 heterocycles. The number of carbonyl (C=O) groups excluding carboxylic acids is 1. The van der Waals surface area contributed by atoms with Crippen molar-refractivity contribution in [2.45, 2.75) is 31.9 Å². The van der Waals surface area contributed by atoms with Gasteiger partial charge in [-0.3, -0.25) is 9.10 Å². The number of ether oxygens (including phenoxy) is 2. The van der Waals surface area contributed by atoms with Gasteiger partial charge in [-0.1, -0.05) is 31.2 Å². The highest BCUT2D eigenvalue weighted by molar-refractivity contribution is 7.92. The van der Waals surface area contributed by atoms with E-state index in [9.17, 15) is 13.2 Å². The van der Waals surface area contributed by atoms with Gasteiger partial charge < -0.3 is 14.8 Å². The number of sulfonamides is 1. The van der Waals surface area contributed by atoms with Crippen molar-refractivity contribution in [3.05, 3.63) is 54.1 Å². The summed E-state index contributed by atoms with van der Waals surface area (Å²) in [4.78, 5) is 13.0. The van der Waals surface area contributed by atoms with Gasteiger partial charge in [0.1, 0.15) is 11.5 Å². The molecule has 0 saturated carbocycles. The highest BCUT2D eigenvalue weighted by Crippen LogP contribution is 2.34. The minimum absolute atomic E-state index is 0.174. The number of anilines is 1. The molecule has 2 aromatic carbocycles. The normalized spacial score (nSPS) is 17.5. The first kappa shape index (κ1) is 21.0. The van der Waals surface area contributed by atoms with Gasteiger partial charge in [-0.05, 0) is 36.2 Å². The van der Waals surface area contributed by atoms with E-state index in [2.05, 4.69) is 5.32 Å². The Morgan fingerprint density at radius 3 is 2.55 bits per heavy atom. The van der Waals surface area contributed by atoms with Crippen LogP contribution in [-0.4, -0.2) is 40.3 Å². The molecule has 1 aliphatic rings. The van der Waals surface area contributed by atoms with E-state index in [-0.39, 0.29) is 24.9 Å². The summed E-state index contributed by atoms with van der Waals surface area (Å²) in [7, 11) is -1.87. The number of benzene rings is 2. The van der Waals surface area contributed by atoms with Crippen LogP contribution in [0.2, 0.25) is 0 Å². The van der Waals surface area contributed by atoms with Crippen LogP contribution in [0.1, 0.15) is 31.4 Å². The van der Waals surface area contributed by atoms with Gasteiger partial charge in [-0.25, -0.2) is 8.42 Å². The van der Waals surface area contributed by atoms with Crippen molar-refractivity contribution in [3.8, 4) is 11.5 Å². The van der Waals surface area contributed by atoms with Gasteiger partial charge >= 0.3 is 0 Å². The number of nitrogens with one attached hydrogen (secondary N) is 1. The summed E-state index contributed by atoms with van der Waals surface area (Å²) in [6.45, 7) is 2.16. The first-order valence-corrected chi connectivity index (χ1v) is 11.4. The Bertz CT molecular complexity index is 959. The summed E-state index contributed by atoms with van der Waals surface area (Å²) < 4.78 is 36.8. The summed E-state index contributed by atoms with van der Waals surface area (Å²) >= 11 is 0. The van der Waals surface area contributed by atoms with Gasteiger partial charge in [0.05, 0.1) is 25.1 Å². The molecule has 1 N–H and O–H groups in total. The molecule has 8 heteroatoms. The van der Waals surface area contributed by atoms with Crippen LogP contribution in [0.15, 0.2) is 48.5 Å². The predicted molar refractivity (Wildman–Crippen MR) is 112 cm³/mol. The first-order chi connectivity index (χ1) is 13.8. The molecule has 0 spiro atoms.